The van der Waals surface area contributed by atoms with Crippen molar-refractivity contribution in [1.29, 1.82) is 0 Å². The Bertz CT molecular complexity index is 590. The molecule has 0 amide bonds. The van der Waals surface area contributed by atoms with E-state index >= 15 is 0 Å². The van der Waals surface area contributed by atoms with Gasteiger partial charge in [-0.25, -0.2) is 4.98 Å². The number of quaternary nitrogens is 1. The third kappa shape index (κ3) is 4.38. The van der Waals surface area contributed by atoms with Gasteiger partial charge in [-0.05, 0) is 31.3 Å². The van der Waals surface area contributed by atoms with Crippen LogP contribution < -0.4 is 10.2 Å². The number of benzene rings is 1. The van der Waals surface area contributed by atoms with Gasteiger partial charge in [-0.1, -0.05) is 12.1 Å². The van der Waals surface area contributed by atoms with E-state index in [0.717, 1.165) is 35.1 Å². The van der Waals surface area contributed by atoms with E-state index in [-0.39, 0.29) is 6.04 Å². The first kappa shape index (κ1) is 17.1. The van der Waals surface area contributed by atoms with Crippen molar-refractivity contribution in [3.05, 3.63) is 29.3 Å². The fourth-order valence-corrected chi connectivity index (χ4v) is 3.50. The summed E-state index contributed by atoms with van der Waals surface area (Å²) in [6.07, 6.45) is 1.12. The van der Waals surface area contributed by atoms with E-state index in [1.165, 1.54) is 9.60 Å². The Morgan fingerprint density at radius 2 is 2.14 bits per heavy atom. The van der Waals surface area contributed by atoms with E-state index in [9.17, 15) is 0 Å². The minimum atomic E-state index is 0.178. The van der Waals surface area contributed by atoms with Crippen LogP contribution in [0.2, 0.25) is 0 Å². The highest BCUT2D eigenvalue weighted by atomic mass is 32.1. The number of fused-ring (bicyclic) bond motifs is 1. The Hall–Kier alpha value is -1.24. The lowest BCUT2D eigenvalue weighted by molar-refractivity contribution is -0.858. The third-order valence-corrected chi connectivity index (χ3v) is 5.34. The largest absolute Gasteiger partial charge is 0.362 e. The normalized spacial score (nSPS) is 12.6. The van der Waals surface area contributed by atoms with E-state index in [1.807, 2.05) is 13.1 Å². The lowest BCUT2D eigenvalue weighted by Gasteiger charge is -2.26. The quantitative estimate of drug-likeness (QED) is 0.621. The summed E-state index contributed by atoms with van der Waals surface area (Å²) in [6.45, 7) is 4.21. The molecule has 0 bridgehead atoms. The first-order valence-electron chi connectivity index (χ1n) is 7.64. The van der Waals surface area contributed by atoms with E-state index in [2.05, 4.69) is 49.4 Å². The van der Waals surface area contributed by atoms with Crippen molar-refractivity contribution in [1.82, 2.24) is 15.2 Å². The lowest BCUT2D eigenvalue weighted by Crippen LogP contribution is -3.05. The van der Waals surface area contributed by atoms with Crippen LogP contribution in [0.3, 0.4) is 0 Å². The Labute approximate surface area is 142 Å². The van der Waals surface area contributed by atoms with Gasteiger partial charge in [0.1, 0.15) is 5.01 Å². The third-order valence-electron chi connectivity index (χ3n) is 3.70. The molecule has 120 valence electrons. The number of thiocarbonyl (C=S) groups is 1. The van der Waals surface area contributed by atoms with Gasteiger partial charge in [-0.3, -0.25) is 0 Å². The summed E-state index contributed by atoms with van der Waals surface area (Å²) in [7, 11) is 6.36. The van der Waals surface area contributed by atoms with Crippen LogP contribution in [0.15, 0.2) is 24.3 Å². The van der Waals surface area contributed by atoms with Gasteiger partial charge in [-0.2, -0.15) is 0 Å². The second kappa shape index (κ2) is 7.85. The summed E-state index contributed by atoms with van der Waals surface area (Å²) in [4.78, 5) is 8.28. The average Bonchev–Trinajstić information content (AvgIpc) is 2.93. The molecule has 1 aromatic heterocycles. The van der Waals surface area contributed by atoms with Gasteiger partial charge >= 0.3 is 0 Å². The SMILES string of the molecule is C[C@@H](c1nc2ccccc2s1)N(C)C(=S)NCCC[NH+](C)C. The number of hydrogen-bond acceptors (Lipinski definition) is 3. The highest BCUT2D eigenvalue weighted by Gasteiger charge is 2.18. The Balaban J connectivity index is 1.93. The van der Waals surface area contributed by atoms with E-state index in [4.69, 9.17) is 17.2 Å². The zero-order valence-corrected chi connectivity index (χ0v) is 15.4. The van der Waals surface area contributed by atoms with Crippen LogP contribution in [0.1, 0.15) is 24.4 Å². The molecule has 0 radical (unpaired) electrons. The molecular formula is C16H25N4S2+. The number of hydrogen-bond donors (Lipinski definition) is 2. The second-order valence-corrected chi connectivity index (χ2v) is 7.30. The minimum Gasteiger partial charge on any atom is -0.362 e. The number of aromatic nitrogens is 1. The maximum absolute atomic E-state index is 5.50. The summed E-state index contributed by atoms with van der Waals surface area (Å²) in [5, 5.41) is 5.24. The van der Waals surface area contributed by atoms with Crippen molar-refractivity contribution in [3.8, 4) is 0 Å². The first-order valence-corrected chi connectivity index (χ1v) is 8.86. The molecule has 0 spiro atoms. The molecule has 0 aliphatic heterocycles. The van der Waals surface area contributed by atoms with Crippen molar-refractivity contribution in [2.45, 2.75) is 19.4 Å². The van der Waals surface area contributed by atoms with E-state index < -0.39 is 0 Å². The van der Waals surface area contributed by atoms with Gasteiger partial charge in [0.25, 0.3) is 0 Å². The molecule has 2 rings (SSSR count). The van der Waals surface area contributed by atoms with E-state index in [1.54, 1.807) is 11.3 Å². The molecule has 2 aromatic rings. The van der Waals surface area contributed by atoms with Crippen molar-refractivity contribution in [2.75, 3.05) is 34.2 Å². The smallest absolute Gasteiger partial charge is 0.169 e. The maximum atomic E-state index is 5.50. The molecule has 1 aromatic carbocycles. The Kier molecular flexibility index (Phi) is 6.11. The van der Waals surface area contributed by atoms with Gasteiger partial charge < -0.3 is 15.1 Å². The van der Waals surface area contributed by atoms with Crippen LogP contribution in [-0.2, 0) is 0 Å². The van der Waals surface area contributed by atoms with Crippen LogP contribution in [0, 0.1) is 0 Å². The number of nitrogens with zero attached hydrogens (tertiary/aromatic N) is 2. The molecule has 1 atom stereocenters. The Morgan fingerprint density at radius 3 is 2.82 bits per heavy atom. The van der Waals surface area contributed by atoms with Crippen LogP contribution >= 0.6 is 23.6 Å². The summed E-state index contributed by atoms with van der Waals surface area (Å²) < 4.78 is 1.23. The zero-order valence-electron chi connectivity index (χ0n) is 13.7. The predicted molar refractivity (Wildman–Crippen MR) is 98.7 cm³/mol. The number of para-hydroxylation sites is 1. The van der Waals surface area contributed by atoms with Crippen LogP contribution in [-0.4, -0.2) is 49.2 Å². The molecule has 0 fully saturated rings. The fourth-order valence-electron chi connectivity index (χ4n) is 2.17. The fraction of sp³-hybridized carbons (Fsp3) is 0.500. The van der Waals surface area contributed by atoms with Crippen LogP contribution in [0.4, 0.5) is 0 Å². The van der Waals surface area contributed by atoms with Gasteiger partial charge in [-0.15, -0.1) is 11.3 Å². The molecule has 4 nitrogen and oxygen atoms in total. The van der Waals surface area contributed by atoms with Gasteiger partial charge in [0.2, 0.25) is 0 Å². The number of thiazole rings is 1. The van der Waals surface area contributed by atoms with Crippen molar-refractivity contribution in [3.63, 3.8) is 0 Å². The minimum absolute atomic E-state index is 0.178. The molecule has 0 saturated carbocycles. The van der Waals surface area contributed by atoms with Gasteiger partial charge in [0.15, 0.2) is 5.11 Å². The lowest BCUT2D eigenvalue weighted by atomic mass is 10.3. The maximum Gasteiger partial charge on any atom is 0.169 e. The number of rotatable bonds is 6. The summed E-state index contributed by atoms with van der Waals surface area (Å²) >= 11 is 7.24. The topological polar surface area (TPSA) is 32.6 Å². The predicted octanol–water partition coefficient (Wildman–Crippen LogP) is 1.70. The standard InChI is InChI=1S/C16H24N4S2/c1-12(15-18-13-8-5-6-9-14(13)22-15)20(4)16(21)17-10-7-11-19(2)3/h5-6,8-9,12H,7,10-11H2,1-4H3,(H,17,21)/p+1/t12-/m0/s1. The molecule has 0 saturated heterocycles. The molecule has 0 aliphatic rings. The van der Waals surface area contributed by atoms with Crippen molar-refractivity contribution in [2.24, 2.45) is 0 Å². The zero-order chi connectivity index (χ0) is 16.1. The molecule has 2 N–H and O–H groups in total. The van der Waals surface area contributed by atoms with E-state index in [0.29, 0.717) is 0 Å². The van der Waals surface area contributed by atoms with Gasteiger partial charge in [0.05, 0.1) is 36.9 Å². The van der Waals surface area contributed by atoms with Crippen LogP contribution in [0.25, 0.3) is 10.2 Å². The van der Waals surface area contributed by atoms with Gasteiger partial charge in [0, 0.05) is 20.0 Å². The summed E-state index contributed by atoms with van der Waals surface area (Å²) in [5.74, 6) is 0. The highest BCUT2D eigenvalue weighted by molar-refractivity contribution is 7.80. The molecule has 0 unspecified atom stereocenters. The molecular weight excluding hydrogens is 312 g/mol. The van der Waals surface area contributed by atoms with Crippen LogP contribution in [0.5, 0.6) is 0 Å². The first-order chi connectivity index (χ1) is 10.5. The number of nitrogens with one attached hydrogen (secondary N) is 2. The monoisotopic (exact) mass is 337 g/mol. The van der Waals surface area contributed by atoms with Crippen molar-refractivity contribution < 1.29 is 4.90 Å². The highest BCUT2D eigenvalue weighted by Crippen LogP contribution is 2.28. The summed E-state index contributed by atoms with van der Waals surface area (Å²) in [5.41, 5.74) is 1.07. The molecule has 22 heavy (non-hydrogen) atoms. The molecule has 0 aliphatic carbocycles. The Morgan fingerprint density at radius 1 is 1.41 bits per heavy atom. The molecule has 1 heterocycles. The summed E-state index contributed by atoms with van der Waals surface area (Å²) in [6, 6.07) is 8.43. The molecule has 6 heteroatoms. The van der Waals surface area contributed by atoms with Crippen molar-refractivity contribution >= 4 is 38.9 Å². The second-order valence-electron chi connectivity index (χ2n) is 5.85. The average molecular weight is 338 g/mol.